The summed E-state index contributed by atoms with van der Waals surface area (Å²) in [4.78, 5) is 42.5. The minimum atomic E-state index is -1.87. The lowest BCUT2D eigenvalue weighted by molar-refractivity contribution is -0.155. The van der Waals surface area contributed by atoms with Crippen LogP contribution in [-0.4, -0.2) is 64.7 Å². The molecule has 4 aliphatic heterocycles. The van der Waals surface area contributed by atoms with Gasteiger partial charge in [-0.2, -0.15) is 0 Å². The number of carbonyl (C=O) groups is 3. The number of hydrogen-bond acceptors (Lipinski definition) is 7. The lowest BCUT2D eigenvalue weighted by Crippen LogP contribution is -2.59. The van der Waals surface area contributed by atoms with Crippen LogP contribution in [0.4, 0.5) is 5.69 Å². The molecule has 158 valence electrons. The number of ether oxygens (including phenoxy) is 2. The highest BCUT2D eigenvalue weighted by atomic mass is 16.7. The molecule has 4 atom stereocenters. The van der Waals surface area contributed by atoms with Crippen molar-refractivity contribution in [3.63, 3.8) is 0 Å². The summed E-state index contributed by atoms with van der Waals surface area (Å²) >= 11 is 0. The van der Waals surface area contributed by atoms with Crippen LogP contribution in [0.1, 0.15) is 22.0 Å². The Morgan fingerprint density at radius 2 is 1.87 bits per heavy atom. The van der Waals surface area contributed by atoms with Gasteiger partial charge in [0.2, 0.25) is 18.6 Å². The number of anilines is 1. The molecule has 31 heavy (non-hydrogen) atoms. The number of carbonyl (C=O) groups excluding carboxylic acids is 3. The van der Waals surface area contributed by atoms with E-state index in [0.717, 1.165) is 0 Å². The largest absolute Gasteiger partial charge is 0.454 e. The van der Waals surface area contributed by atoms with Gasteiger partial charge in [-0.3, -0.25) is 14.4 Å². The first-order chi connectivity index (χ1) is 14.9. The lowest BCUT2D eigenvalue weighted by atomic mass is 9.78. The van der Waals surface area contributed by atoms with Crippen molar-refractivity contribution in [3.05, 3.63) is 53.6 Å². The van der Waals surface area contributed by atoms with Gasteiger partial charge in [-0.05, 0) is 29.8 Å². The SMILES string of the molecule is CN1CC(=O)N2[C@@H](C1=O)C1C(=O)c3ccccc3NC1(O)[C@H]2c1ccc2c(c1)OCO2. The number of benzene rings is 2. The van der Waals surface area contributed by atoms with E-state index in [-0.39, 0.29) is 30.9 Å². The highest BCUT2D eigenvalue weighted by Crippen LogP contribution is 2.54. The predicted molar refractivity (Wildman–Crippen MR) is 106 cm³/mol. The Labute approximate surface area is 177 Å². The van der Waals surface area contributed by atoms with Gasteiger partial charge in [0.25, 0.3) is 0 Å². The van der Waals surface area contributed by atoms with Gasteiger partial charge in [-0.25, -0.2) is 0 Å². The monoisotopic (exact) mass is 421 g/mol. The fraction of sp³-hybridized carbons (Fsp3) is 0.318. The number of nitrogens with one attached hydrogen (secondary N) is 1. The molecule has 9 nitrogen and oxygen atoms in total. The molecule has 2 aromatic carbocycles. The zero-order valence-electron chi connectivity index (χ0n) is 16.6. The van der Waals surface area contributed by atoms with Gasteiger partial charge in [0.05, 0.1) is 6.54 Å². The molecule has 0 saturated carbocycles. The van der Waals surface area contributed by atoms with E-state index < -0.39 is 23.7 Å². The van der Waals surface area contributed by atoms with Crippen molar-refractivity contribution in [1.29, 1.82) is 0 Å². The van der Waals surface area contributed by atoms with Crippen LogP contribution in [0, 0.1) is 5.92 Å². The molecule has 2 saturated heterocycles. The molecule has 0 spiro atoms. The van der Waals surface area contributed by atoms with Crippen molar-refractivity contribution in [3.8, 4) is 11.5 Å². The number of amides is 2. The van der Waals surface area contributed by atoms with E-state index in [2.05, 4.69) is 5.32 Å². The van der Waals surface area contributed by atoms with Gasteiger partial charge in [0.1, 0.15) is 18.0 Å². The maximum Gasteiger partial charge on any atom is 0.246 e. The summed E-state index contributed by atoms with van der Waals surface area (Å²) in [5.74, 6) is -1.20. The topological polar surface area (TPSA) is 108 Å². The third kappa shape index (κ3) is 2.26. The Hall–Kier alpha value is -3.59. The Bertz CT molecular complexity index is 1170. The number of nitrogens with zero attached hydrogens (tertiary/aromatic N) is 2. The third-order valence-corrected chi connectivity index (χ3v) is 6.60. The number of Topliss-reactive ketones (excluding diaryl/α,β-unsaturated/α-hetero) is 1. The summed E-state index contributed by atoms with van der Waals surface area (Å²) in [6.45, 7) is -0.0463. The van der Waals surface area contributed by atoms with Crippen molar-refractivity contribution in [2.45, 2.75) is 17.8 Å². The van der Waals surface area contributed by atoms with Crippen molar-refractivity contribution in [1.82, 2.24) is 9.80 Å². The van der Waals surface area contributed by atoms with E-state index in [1.165, 1.54) is 16.8 Å². The second-order valence-electron chi connectivity index (χ2n) is 8.29. The average Bonchev–Trinajstić information content (AvgIpc) is 3.32. The fourth-order valence-electron chi connectivity index (χ4n) is 5.27. The molecule has 0 aliphatic carbocycles. The standard InChI is InChI=1S/C22H19N3O6/c1-24-9-16(26)25-18(21(24)28)17-19(27)12-4-2-3-5-13(12)23-22(17,29)20(25)11-6-7-14-15(8-11)31-10-30-14/h2-8,17-18,20,23,29H,9-10H2,1H3/t17?,18-,20-,22?/m1/s1. The number of piperazine rings is 1. The zero-order chi connectivity index (χ0) is 21.5. The summed E-state index contributed by atoms with van der Waals surface area (Å²) in [6.07, 6.45) is 0. The molecule has 2 unspecified atom stereocenters. The molecule has 2 aromatic rings. The maximum atomic E-state index is 13.5. The summed E-state index contributed by atoms with van der Waals surface area (Å²) in [6, 6.07) is 9.86. The summed E-state index contributed by atoms with van der Waals surface area (Å²) < 4.78 is 10.9. The molecule has 2 amide bonds. The molecule has 0 bridgehead atoms. The lowest BCUT2D eigenvalue weighted by Gasteiger charge is -2.40. The molecule has 4 heterocycles. The molecule has 6 rings (SSSR count). The van der Waals surface area contributed by atoms with E-state index >= 15 is 0 Å². The molecule has 4 aliphatic rings. The normalized spacial score (nSPS) is 30.6. The predicted octanol–water partition coefficient (Wildman–Crippen LogP) is 0.752. The Kier molecular flexibility index (Phi) is 3.51. The number of para-hydroxylation sites is 1. The highest BCUT2D eigenvalue weighted by molar-refractivity contribution is 6.10. The second kappa shape index (κ2) is 5.98. The molecule has 2 N–H and O–H groups in total. The van der Waals surface area contributed by atoms with Crippen LogP contribution in [-0.2, 0) is 9.59 Å². The first kappa shape index (κ1) is 18.2. The van der Waals surface area contributed by atoms with Gasteiger partial charge in [-0.15, -0.1) is 0 Å². The molecular formula is C22H19N3O6. The van der Waals surface area contributed by atoms with E-state index in [9.17, 15) is 19.5 Å². The number of aliphatic hydroxyl groups is 1. The molecule has 0 radical (unpaired) electrons. The Balaban J connectivity index is 1.57. The minimum Gasteiger partial charge on any atom is -0.454 e. The number of fused-ring (bicyclic) bond motifs is 5. The summed E-state index contributed by atoms with van der Waals surface area (Å²) in [7, 11) is 1.53. The molecular weight excluding hydrogens is 402 g/mol. The van der Waals surface area contributed by atoms with Crippen molar-refractivity contribution in [2.24, 2.45) is 5.92 Å². The molecule has 2 fully saturated rings. The maximum absolute atomic E-state index is 13.5. The third-order valence-electron chi connectivity index (χ3n) is 6.60. The zero-order valence-corrected chi connectivity index (χ0v) is 16.6. The molecule has 9 heteroatoms. The van der Waals surface area contributed by atoms with Crippen LogP contribution in [0.25, 0.3) is 0 Å². The van der Waals surface area contributed by atoms with Gasteiger partial charge >= 0.3 is 0 Å². The van der Waals surface area contributed by atoms with Crippen LogP contribution in [0.15, 0.2) is 42.5 Å². The van der Waals surface area contributed by atoms with Crippen LogP contribution < -0.4 is 14.8 Å². The summed E-state index contributed by atoms with van der Waals surface area (Å²) in [5.41, 5.74) is -0.480. The quantitative estimate of drug-likeness (QED) is 0.700. The Morgan fingerprint density at radius 3 is 2.71 bits per heavy atom. The average molecular weight is 421 g/mol. The van der Waals surface area contributed by atoms with Gasteiger partial charge in [-0.1, -0.05) is 18.2 Å². The van der Waals surface area contributed by atoms with Gasteiger partial charge < -0.3 is 29.7 Å². The first-order valence-corrected chi connectivity index (χ1v) is 9.99. The van der Waals surface area contributed by atoms with Crippen LogP contribution in [0.5, 0.6) is 11.5 Å². The van der Waals surface area contributed by atoms with Gasteiger partial charge in [0, 0.05) is 18.3 Å². The van der Waals surface area contributed by atoms with E-state index in [4.69, 9.17) is 9.47 Å². The minimum absolute atomic E-state index is 0.0784. The number of likely N-dealkylation sites (N-methyl/N-ethyl adjacent to an activating group) is 1. The van der Waals surface area contributed by atoms with Crippen LogP contribution >= 0.6 is 0 Å². The van der Waals surface area contributed by atoms with E-state index in [0.29, 0.717) is 28.3 Å². The van der Waals surface area contributed by atoms with Crippen molar-refractivity contribution < 1.29 is 29.0 Å². The van der Waals surface area contributed by atoms with Crippen LogP contribution in [0.2, 0.25) is 0 Å². The second-order valence-corrected chi connectivity index (χ2v) is 8.29. The number of hydrogen-bond donors (Lipinski definition) is 2. The van der Waals surface area contributed by atoms with Crippen LogP contribution in [0.3, 0.4) is 0 Å². The summed E-state index contributed by atoms with van der Waals surface area (Å²) in [5, 5.41) is 15.1. The Morgan fingerprint density at radius 1 is 1.10 bits per heavy atom. The number of rotatable bonds is 1. The molecule has 0 aromatic heterocycles. The van der Waals surface area contributed by atoms with Crippen molar-refractivity contribution >= 4 is 23.3 Å². The first-order valence-electron chi connectivity index (χ1n) is 9.99. The smallest absolute Gasteiger partial charge is 0.246 e. The van der Waals surface area contributed by atoms with Crippen molar-refractivity contribution in [2.75, 3.05) is 25.7 Å². The van der Waals surface area contributed by atoms with Gasteiger partial charge in [0.15, 0.2) is 23.0 Å². The highest BCUT2D eigenvalue weighted by Gasteiger charge is 2.68. The number of ketones is 1. The van der Waals surface area contributed by atoms with E-state index in [1.54, 1.807) is 42.5 Å². The fourth-order valence-corrected chi connectivity index (χ4v) is 5.27. The van der Waals surface area contributed by atoms with E-state index in [1.807, 2.05) is 0 Å².